The Balaban J connectivity index is 2.44. The lowest BCUT2D eigenvalue weighted by Gasteiger charge is -2.10. The van der Waals surface area contributed by atoms with Gasteiger partial charge in [-0.1, -0.05) is 12.1 Å². The van der Waals surface area contributed by atoms with Crippen molar-refractivity contribution in [2.75, 3.05) is 10.5 Å². The first-order valence-electron chi connectivity index (χ1n) is 5.22. The van der Waals surface area contributed by atoms with E-state index in [0.29, 0.717) is 0 Å². The number of halogens is 2. The molecule has 0 aliphatic carbocycles. The molecular formula is C12H10F2N2O2S. The molecule has 19 heavy (non-hydrogen) atoms. The molecule has 0 heterocycles. The zero-order chi connectivity index (χ0) is 14.0. The number of hydrogen-bond donors (Lipinski definition) is 2. The number of nitrogens with one attached hydrogen (secondary N) is 1. The van der Waals surface area contributed by atoms with Gasteiger partial charge >= 0.3 is 0 Å². The van der Waals surface area contributed by atoms with Crippen LogP contribution in [-0.4, -0.2) is 8.42 Å². The predicted molar refractivity (Wildman–Crippen MR) is 68.0 cm³/mol. The number of nitrogen functional groups attached to an aromatic ring is 1. The normalized spacial score (nSPS) is 11.3. The highest BCUT2D eigenvalue weighted by molar-refractivity contribution is 7.92. The molecule has 0 aliphatic rings. The molecule has 0 unspecified atom stereocenters. The standard InChI is InChI=1S/C12H10F2N2O2S/c13-8-5-6-10(15)12(7-8)19(17,18)16-11-4-2-1-3-9(11)14/h1-7,16H,15H2. The number of rotatable bonds is 3. The molecule has 2 aromatic rings. The van der Waals surface area contributed by atoms with E-state index in [1.54, 1.807) is 0 Å². The van der Waals surface area contributed by atoms with E-state index in [4.69, 9.17) is 5.73 Å². The zero-order valence-corrected chi connectivity index (χ0v) is 10.4. The second-order valence-electron chi connectivity index (χ2n) is 3.77. The van der Waals surface area contributed by atoms with Crippen LogP contribution < -0.4 is 10.5 Å². The molecule has 2 rings (SSSR count). The van der Waals surface area contributed by atoms with Crippen LogP contribution >= 0.6 is 0 Å². The minimum absolute atomic E-state index is 0.120. The van der Waals surface area contributed by atoms with Gasteiger partial charge in [0, 0.05) is 0 Å². The average Bonchev–Trinajstić information content (AvgIpc) is 2.35. The molecule has 3 N–H and O–H groups in total. The van der Waals surface area contributed by atoms with Crippen molar-refractivity contribution in [1.29, 1.82) is 0 Å². The quantitative estimate of drug-likeness (QED) is 0.850. The summed E-state index contributed by atoms with van der Waals surface area (Å²) in [7, 11) is -4.14. The maximum atomic E-state index is 13.4. The van der Waals surface area contributed by atoms with Crippen LogP contribution in [0.4, 0.5) is 20.2 Å². The SMILES string of the molecule is Nc1ccc(F)cc1S(=O)(=O)Nc1ccccc1F. The second kappa shape index (κ2) is 4.85. The molecule has 0 atom stereocenters. The minimum atomic E-state index is -4.14. The highest BCUT2D eigenvalue weighted by Gasteiger charge is 2.19. The van der Waals surface area contributed by atoms with Crippen molar-refractivity contribution in [3.8, 4) is 0 Å². The Bertz CT molecular complexity index is 717. The van der Waals surface area contributed by atoms with Crippen LogP contribution in [0, 0.1) is 11.6 Å². The van der Waals surface area contributed by atoms with Crippen LogP contribution in [0.2, 0.25) is 0 Å². The Labute approximate surface area is 108 Å². The van der Waals surface area contributed by atoms with E-state index in [1.165, 1.54) is 18.2 Å². The maximum Gasteiger partial charge on any atom is 0.264 e. The van der Waals surface area contributed by atoms with Gasteiger partial charge in [-0.2, -0.15) is 0 Å². The second-order valence-corrected chi connectivity index (χ2v) is 5.42. The van der Waals surface area contributed by atoms with Crippen LogP contribution in [0.1, 0.15) is 0 Å². The predicted octanol–water partition coefficient (Wildman–Crippen LogP) is 2.35. The summed E-state index contributed by atoms with van der Waals surface area (Å²) in [5.41, 5.74) is 5.14. The van der Waals surface area contributed by atoms with Crippen molar-refractivity contribution in [2.24, 2.45) is 0 Å². The van der Waals surface area contributed by atoms with Crippen LogP contribution in [0.25, 0.3) is 0 Å². The van der Waals surface area contributed by atoms with E-state index in [1.807, 2.05) is 4.72 Å². The molecule has 0 amide bonds. The summed E-state index contributed by atoms with van der Waals surface area (Å²) in [6, 6.07) is 8.19. The van der Waals surface area contributed by atoms with Gasteiger partial charge in [0.2, 0.25) is 0 Å². The van der Waals surface area contributed by atoms with E-state index < -0.39 is 26.6 Å². The molecule has 0 fully saturated rings. The van der Waals surface area contributed by atoms with Gasteiger partial charge in [0.15, 0.2) is 0 Å². The number of benzene rings is 2. The van der Waals surface area contributed by atoms with Gasteiger partial charge in [-0.3, -0.25) is 4.72 Å². The molecule has 0 saturated heterocycles. The molecule has 0 spiro atoms. The molecular weight excluding hydrogens is 274 g/mol. The summed E-state index contributed by atoms with van der Waals surface area (Å²) < 4.78 is 52.5. The number of hydrogen-bond acceptors (Lipinski definition) is 3. The Kier molecular flexibility index (Phi) is 3.39. The van der Waals surface area contributed by atoms with E-state index >= 15 is 0 Å². The van der Waals surface area contributed by atoms with Crippen molar-refractivity contribution >= 4 is 21.4 Å². The van der Waals surface area contributed by atoms with Crippen molar-refractivity contribution in [3.63, 3.8) is 0 Å². The van der Waals surface area contributed by atoms with Gasteiger partial charge < -0.3 is 5.73 Å². The summed E-state index contributed by atoms with van der Waals surface area (Å²) >= 11 is 0. The van der Waals surface area contributed by atoms with E-state index in [9.17, 15) is 17.2 Å². The maximum absolute atomic E-state index is 13.4. The summed E-state index contributed by atoms with van der Waals surface area (Å²) in [4.78, 5) is -0.434. The highest BCUT2D eigenvalue weighted by atomic mass is 32.2. The van der Waals surface area contributed by atoms with Crippen LogP contribution in [0.3, 0.4) is 0 Å². The summed E-state index contributed by atoms with van der Waals surface area (Å²) in [5.74, 6) is -1.48. The van der Waals surface area contributed by atoms with Crippen LogP contribution in [0.15, 0.2) is 47.4 Å². The number of anilines is 2. The molecule has 2 aromatic carbocycles. The van der Waals surface area contributed by atoms with Crippen molar-refractivity contribution < 1.29 is 17.2 Å². The van der Waals surface area contributed by atoms with Crippen molar-refractivity contribution in [3.05, 3.63) is 54.1 Å². The molecule has 0 saturated carbocycles. The molecule has 100 valence electrons. The van der Waals surface area contributed by atoms with Crippen molar-refractivity contribution in [1.82, 2.24) is 0 Å². The van der Waals surface area contributed by atoms with Gasteiger partial charge in [-0.05, 0) is 30.3 Å². The largest absolute Gasteiger partial charge is 0.398 e. The average molecular weight is 284 g/mol. The summed E-state index contributed by atoms with van der Waals surface area (Å²) in [6.07, 6.45) is 0. The van der Waals surface area contributed by atoms with E-state index in [-0.39, 0.29) is 11.4 Å². The van der Waals surface area contributed by atoms with Crippen LogP contribution in [-0.2, 0) is 10.0 Å². The first-order valence-corrected chi connectivity index (χ1v) is 6.71. The fraction of sp³-hybridized carbons (Fsp3) is 0. The smallest absolute Gasteiger partial charge is 0.264 e. The molecule has 4 nitrogen and oxygen atoms in total. The molecule has 0 aromatic heterocycles. The lowest BCUT2D eigenvalue weighted by atomic mass is 10.3. The monoisotopic (exact) mass is 284 g/mol. The fourth-order valence-electron chi connectivity index (χ4n) is 1.48. The lowest BCUT2D eigenvalue weighted by Crippen LogP contribution is -2.15. The minimum Gasteiger partial charge on any atom is -0.398 e. The van der Waals surface area contributed by atoms with E-state index in [0.717, 1.165) is 24.3 Å². The molecule has 0 aliphatic heterocycles. The highest BCUT2D eigenvalue weighted by Crippen LogP contribution is 2.23. The van der Waals surface area contributed by atoms with Crippen LogP contribution in [0.5, 0.6) is 0 Å². The zero-order valence-electron chi connectivity index (χ0n) is 9.60. The third-order valence-corrected chi connectivity index (χ3v) is 3.80. The van der Waals surface area contributed by atoms with Gasteiger partial charge in [-0.25, -0.2) is 17.2 Å². The van der Waals surface area contributed by atoms with Gasteiger partial charge in [0.25, 0.3) is 10.0 Å². The van der Waals surface area contributed by atoms with E-state index in [2.05, 4.69) is 0 Å². The molecule has 0 radical (unpaired) electrons. The third-order valence-electron chi connectivity index (χ3n) is 2.38. The number of nitrogens with two attached hydrogens (primary N) is 1. The Morgan fingerprint density at radius 3 is 2.42 bits per heavy atom. The Morgan fingerprint density at radius 2 is 1.74 bits per heavy atom. The van der Waals surface area contributed by atoms with Gasteiger partial charge in [0.1, 0.15) is 16.5 Å². The molecule has 7 heteroatoms. The fourth-order valence-corrected chi connectivity index (χ4v) is 2.70. The number of sulfonamides is 1. The van der Waals surface area contributed by atoms with Gasteiger partial charge in [0.05, 0.1) is 11.4 Å². The molecule has 0 bridgehead atoms. The summed E-state index contributed by atoms with van der Waals surface area (Å²) in [6.45, 7) is 0. The van der Waals surface area contributed by atoms with Gasteiger partial charge in [-0.15, -0.1) is 0 Å². The first-order chi connectivity index (χ1) is 8.90. The topological polar surface area (TPSA) is 72.2 Å². The van der Waals surface area contributed by atoms with Crippen molar-refractivity contribution in [2.45, 2.75) is 4.90 Å². The Hall–Kier alpha value is -2.15. The lowest BCUT2D eigenvalue weighted by molar-refractivity contribution is 0.594. The summed E-state index contributed by atoms with van der Waals surface area (Å²) in [5, 5.41) is 0. The Morgan fingerprint density at radius 1 is 1.05 bits per heavy atom. The first kappa shape index (κ1) is 13.3. The third kappa shape index (κ3) is 2.82. The number of para-hydroxylation sites is 1.